The van der Waals surface area contributed by atoms with E-state index in [-0.39, 0.29) is 10.8 Å². The van der Waals surface area contributed by atoms with Crippen LogP contribution in [0.4, 0.5) is 5.95 Å². The maximum atomic E-state index is 13.5. The van der Waals surface area contributed by atoms with Crippen molar-refractivity contribution in [1.29, 1.82) is 0 Å². The van der Waals surface area contributed by atoms with Gasteiger partial charge in [0.25, 0.3) is 0 Å². The molecule has 1 saturated carbocycles. The number of imidazole rings is 2. The van der Waals surface area contributed by atoms with E-state index in [1.807, 2.05) is 24.7 Å². The van der Waals surface area contributed by atoms with E-state index in [1.54, 1.807) is 35.0 Å². The topological polar surface area (TPSA) is 142 Å². The number of nitrogens with zero attached hydrogens (tertiary/aromatic N) is 6. The number of aryl methyl sites for hydroxylation is 2. The third-order valence-corrected chi connectivity index (χ3v) is 8.89. The zero-order chi connectivity index (χ0) is 24.4. The molecule has 3 N–H and O–H groups in total. The fraction of sp³-hybridized carbons (Fsp3) is 0.391. The number of anilines is 1. The lowest BCUT2D eigenvalue weighted by atomic mass is 9.71. The Kier molecular flexibility index (Phi) is 4.79. The fourth-order valence-corrected chi connectivity index (χ4v) is 6.74. The molecule has 182 valence electrons. The van der Waals surface area contributed by atoms with E-state index >= 15 is 0 Å². The molecule has 3 aromatic heterocycles. The summed E-state index contributed by atoms with van der Waals surface area (Å²) in [5.41, 5.74) is 6.98. The van der Waals surface area contributed by atoms with Gasteiger partial charge in [-0.15, -0.1) is 0 Å². The smallest absolute Gasteiger partial charge is 0.241 e. The number of hydrogen-bond acceptors (Lipinski definition) is 8. The van der Waals surface area contributed by atoms with Gasteiger partial charge >= 0.3 is 0 Å². The minimum atomic E-state index is -3.81. The zero-order valence-corrected chi connectivity index (χ0v) is 20.3. The highest BCUT2D eigenvalue weighted by Crippen LogP contribution is 2.49. The Bertz CT molecular complexity index is 1530. The number of fused-ring (bicyclic) bond motifs is 4. The molecule has 12 heteroatoms. The third-order valence-electron chi connectivity index (χ3n) is 7.31. The minimum Gasteiger partial charge on any atom is -0.369 e. The molecule has 1 aliphatic carbocycles. The molecular formula is C23H26N8O3S. The van der Waals surface area contributed by atoms with E-state index in [2.05, 4.69) is 24.7 Å². The molecule has 35 heavy (non-hydrogen) atoms. The molecule has 0 spiro atoms. The van der Waals surface area contributed by atoms with E-state index < -0.39 is 21.2 Å². The molecule has 2 saturated heterocycles. The number of nitrogens with one attached hydrogen (secondary N) is 1. The van der Waals surface area contributed by atoms with Gasteiger partial charge < -0.3 is 15.0 Å². The van der Waals surface area contributed by atoms with Crippen molar-refractivity contribution in [2.45, 2.75) is 48.6 Å². The maximum Gasteiger partial charge on any atom is 0.241 e. The summed E-state index contributed by atoms with van der Waals surface area (Å²) in [5.74, 6) is 1.55. The van der Waals surface area contributed by atoms with Crippen molar-refractivity contribution in [1.82, 2.24) is 33.6 Å². The molecule has 0 atom stereocenters. The Morgan fingerprint density at radius 3 is 2.60 bits per heavy atom. The van der Waals surface area contributed by atoms with Crippen molar-refractivity contribution >= 4 is 21.7 Å². The minimum absolute atomic E-state index is 0.176. The second kappa shape index (κ2) is 7.57. The lowest BCUT2D eigenvalue weighted by molar-refractivity contribution is -0.168. The van der Waals surface area contributed by atoms with Gasteiger partial charge in [-0.05, 0) is 50.3 Å². The van der Waals surface area contributed by atoms with Crippen LogP contribution in [0.3, 0.4) is 0 Å². The van der Waals surface area contributed by atoms with Crippen LogP contribution in [0, 0.1) is 6.92 Å². The lowest BCUT2D eigenvalue weighted by Crippen LogP contribution is -2.62. The number of rotatable bonds is 5. The first-order valence-corrected chi connectivity index (χ1v) is 12.9. The number of ether oxygens (including phenoxy) is 1. The van der Waals surface area contributed by atoms with Gasteiger partial charge in [0.15, 0.2) is 0 Å². The zero-order valence-electron chi connectivity index (χ0n) is 19.5. The Balaban J connectivity index is 1.28. The van der Waals surface area contributed by atoms with Crippen molar-refractivity contribution in [2.75, 3.05) is 12.3 Å². The van der Waals surface area contributed by atoms with Crippen molar-refractivity contribution in [2.24, 2.45) is 7.05 Å². The lowest BCUT2D eigenvalue weighted by Gasteiger charge is -2.52. The Morgan fingerprint density at radius 1 is 1.14 bits per heavy atom. The van der Waals surface area contributed by atoms with Crippen LogP contribution in [0.15, 0.2) is 48.0 Å². The van der Waals surface area contributed by atoms with Crippen molar-refractivity contribution in [3.63, 3.8) is 0 Å². The average molecular weight is 495 g/mol. The fourth-order valence-electron chi connectivity index (χ4n) is 5.27. The first-order valence-electron chi connectivity index (χ1n) is 11.4. The molecule has 1 aromatic carbocycles. The summed E-state index contributed by atoms with van der Waals surface area (Å²) in [7, 11) is -1.85. The average Bonchev–Trinajstić information content (AvgIpc) is 3.47. The van der Waals surface area contributed by atoms with E-state index in [4.69, 9.17) is 10.5 Å². The van der Waals surface area contributed by atoms with Gasteiger partial charge in [0.1, 0.15) is 17.8 Å². The summed E-state index contributed by atoms with van der Waals surface area (Å²) < 4.78 is 39.8. The summed E-state index contributed by atoms with van der Waals surface area (Å²) in [4.78, 5) is 17.3. The number of sulfonamides is 1. The molecule has 0 amide bonds. The van der Waals surface area contributed by atoms with Crippen LogP contribution in [-0.2, 0) is 27.4 Å². The van der Waals surface area contributed by atoms with Crippen LogP contribution in [0.1, 0.15) is 37.1 Å². The highest BCUT2D eigenvalue weighted by atomic mass is 32.2. The van der Waals surface area contributed by atoms with Crippen LogP contribution in [-0.4, -0.2) is 49.5 Å². The molecular weight excluding hydrogens is 468 g/mol. The van der Waals surface area contributed by atoms with Gasteiger partial charge in [-0.1, -0.05) is 6.07 Å². The van der Waals surface area contributed by atoms with Crippen LogP contribution >= 0.6 is 0 Å². The van der Waals surface area contributed by atoms with Crippen molar-refractivity contribution < 1.29 is 13.2 Å². The van der Waals surface area contributed by atoms with E-state index in [0.717, 1.165) is 11.4 Å². The molecule has 4 aromatic rings. The first kappa shape index (κ1) is 22.1. The third kappa shape index (κ3) is 3.51. The Hall–Kier alpha value is -3.35. The molecule has 3 fully saturated rings. The number of nitrogens with two attached hydrogens (primary N) is 1. The second-order valence-electron chi connectivity index (χ2n) is 9.54. The number of hydrogen-bond donors (Lipinski definition) is 2. The maximum absolute atomic E-state index is 13.5. The molecule has 0 radical (unpaired) electrons. The quantitative estimate of drug-likeness (QED) is 0.429. The van der Waals surface area contributed by atoms with Crippen LogP contribution in [0.25, 0.3) is 17.0 Å². The van der Waals surface area contributed by atoms with Crippen LogP contribution in [0.2, 0.25) is 0 Å². The number of nitrogen functional groups attached to an aromatic ring is 1. The summed E-state index contributed by atoms with van der Waals surface area (Å²) in [6, 6.07) is 5.04. The predicted molar refractivity (Wildman–Crippen MR) is 128 cm³/mol. The first-order chi connectivity index (χ1) is 16.7. The summed E-state index contributed by atoms with van der Waals surface area (Å²) in [5, 5.41) is 0. The normalized spacial score (nSPS) is 24.3. The Labute approximate surface area is 202 Å². The molecule has 3 aliphatic rings. The highest BCUT2D eigenvalue weighted by Gasteiger charge is 2.53. The van der Waals surface area contributed by atoms with Gasteiger partial charge in [0, 0.05) is 31.2 Å². The molecule has 2 bridgehead atoms. The van der Waals surface area contributed by atoms with Crippen molar-refractivity contribution in [3.05, 3.63) is 54.5 Å². The molecule has 2 aliphatic heterocycles. The number of benzene rings is 1. The van der Waals surface area contributed by atoms with E-state index in [0.29, 0.717) is 49.3 Å². The highest BCUT2D eigenvalue weighted by molar-refractivity contribution is 7.89. The van der Waals surface area contributed by atoms with Gasteiger partial charge in [-0.25, -0.2) is 33.1 Å². The van der Waals surface area contributed by atoms with E-state index in [9.17, 15) is 8.42 Å². The monoisotopic (exact) mass is 494 g/mol. The summed E-state index contributed by atoms with van der Waals surface area (Å²) in [6.45, 7) is 2.21. The van der Waals surface area contributed by atoms with E-state index in [1.165, 1.54) is 6.33 Å². The molecule has 7 rings (SSSR count). The molecule has 0 unspecified atom stereocenters. The predicted octanol–water partition coefficient (Wildman–Crippen LogP) is 1.93. The van der Waals surface area contributed by atoms with Crippen molar-refractivity contribution in [3.8, 4) is 11.3 Å². The summed E-state index contributed by atoms with van der Waals surface area (Å²) >= 11 is 0. The van der Waals surface area contributed by atoms with Gasteiger partial charge in [0.2, 0.25) is 21.7 Å². The molecule has 5 heterocycles. The second-order valence-corrected chi connectivity index (χ2v) is 11.2. The standard InChI is InChI=1S/C23H26N8O3S/c1-15-3-4-16(11-17(15)18-12-31-20(24)26-14-27-21(31)28-18)35(32,33)29-22-5-7-23(8-6-22,34-13-22)19-25-9-10-30(19)2/h3-4,9-12,14,29H,5-8,13H2,1-2H3,(H2,24,26,27,28). The van der Waals surface area contributed by atoms with Gasteiger partial charge in [-0.3, -0.25) is 4.40 Å². The SMILES string of the molecule is Cc1ccc(S(=O)(=O)NC23CCC(c4nccn4C)(CC2)OC3)cc1-c1cn2c(N)ncnc2n1. The van der Waals surface area contributed by atoms with Crippen LogP contribution < -0.4 is 10.5 Å². The number of aromatic nitrogens is 6. The molecule has 11 nitrogen and oxygen atoms in total. The van der Waals surface area contributed by atoms with Crippen LogP contribution in [0.5, 0.6) is 0 Å². The Morgan fingerprint density at radius 2 is 1.94 bits per heavy atom. The van der Waals surface area contributed by atoms with Gasteiger partial charge in [-0.2, -0.15) is 0 Å². The van der Waals surface area contributed by atoms with Gasteiger partial charge in [0.05, 0.1) is 22.7 Å². The summed E-state index contributed by atoms with van der Waals surface area (Å²) in [6.07, 6.45) is 9.52. The largest absolute Gasteiger partial charge is 0.369 e.